The molecule has 1 aliphatic rings. The lowest BCUT2D eigenvalue weighted by Gasteiger charge is -2.34. The Morgan fingerprint density at radius 3 is 2.20 bits per heavy atom. The molecule has 0 aromatic heterocycles. The van der Waals surface area contributed by atoms with Gasteiger partial charge in [-0.05, 0) is 0 Å². The minimum atomic E-state index is 0.0491. The summed E-state index contributed by atoms with van der Waals surface area (Å²) in [6.45, 7) is 8.03. The van der Waals surface area contributed by atoms with Gasteiger partial charge in [0.2, 0.25) is 0 Å². The van der Waals surface area contributed by atoms with Crippen molar-refractivity contribution in [2.24, 2.45) is 5.41 Å². The first-order chi connectivity index (χ1) is 4.64. The number of ether oxygens (including phenoxy) is 2. The average Bonchev–Trinajstić information content (AvgIpc) is 1.88. The first-order valence-corrected chi connectivity index (χ1v) is 3.87. The van der Waals surface area contributed by atoms with Crippen LogP contribution in [0.3, 0.4) is 0 Å². The SMILES string of the molecule is CBC1OCC(C)(C)CO1. The van der Waals surface area contributed by atoms with Crippen LogP contribution in [0.5, 0.6) is 0 Å². The summed E-state index contributed by atoms with van der Waals surface area (Å²) in [7, 11) is 0.954. The molecule has 0 aromatic rings. The quantitative estimate of drug-likeness (QED) is 0.504. The van der Waals surface area contributed by atoms with Crippen LogP contribution in [0, 0.1) is 5.41 Å². The molecule has 0 N–H and O–H groups in total. The monoisotopic (exact) mass is 142 g/mol. The van der Waals surface area contributed by atoms with Gasteiger partial charge in [0.25, 0.3) is 0 Å². The lowest BCUT2D eigenvalue weighted by atomic mass is 9.80. The van der Waals surface area contributed by atoms with E-state index < -0.39 is 0 Å². The van der Waals surface area contributed by atoms with Crippen LogP contribution < -0.4 is 0 Å². The summed E-state index contributed by atoms with van der Waals surface area (Å²) in [5.41, 5.74) is 0.214. The van der Waals surface area contributed by atoms with Crippen molar-refractivity contribution in [3.63, 3.8) is 0 Å². The molecule has 0 aliphatic carbocycles. The van der Waals surface area contributed by atoms with Gasteiger partial charge in [-0.25, -0.2) is 0 Å². The third kappa shape index (κ3) is 1.99. The zero-order valence-electron chi connectivity index (χ0n) is 7.02. The maximum Gasteiger partial charge on any atom is 0.189 e. The second-order valence-electron chi connectivity index (χ2n) is 3.62. The molecule has 0 saturated carbocycles. The van der Waals surface area contributed by atoms with Crippen LogP contribution in [0.15, 0.2) is 0 Å². The second kappa shape index (κ2) is 2.93. The van der Waals surface area contributed by atoms with Crippen molar-refractivity contribution >= 4 is 7.28 Å². The molecule has 3 heteroatoms. The van der Waals surface area contributed by atoms with E-state index >= 15 is 0 Å². The van der Waals surface area contributed by atoms with E-state index in [2.05, 4.69) is 20.7 Å². The summed E-state index contributed by atoms with van der Waals surface area (Å²) in [5, 5.41) is 0. The largest absolute Gasteiger partial charge is 0.360 e. The lowest BCUT2D eigenvalue weighted by Crippen LogP contribution is -2.39. The third-order valence-electron chi connectivity index (χ3n) is 1.65. The highest BCUT2D eigenvalue weighted by atomic mass is 16.7. The summed E-state index contributed by atoms with van der Waals surface area (Å²) in [6, 6.07) is 0. The summed E-state index contributed by atoms with van der Waals surface area (Å²) < 4.78 is 10.8. The van der Waals surface area contributed by atoms with Crippen molar-refractivity contribution in [1.29, 1.82) is 0 Å². The lowest BCUT2D eigenvalue weighted by molar-refractivity contribution is -0.181. The fourth-order valence-corrected chi connectivity index (χ4v) is 0.963. The Kier molecular flexibility index (Phi) is 2.37. The minimum absolute atomic E-state index is 0.0491. The standard InChI is InChI=1S/C7H15BO2/c1-7(2)4-9-6(8-3)10-5-7/h6,8H,4-5H2,1-3H3. The summed E-state index contributed by atoms with van der Waals surface area (Å²) in [6.07, 6.45) is 0.0491. The van der Waals surface area contributed by atoms with Crippen molar-refractivity contribution in [3.8, 4) is 0 Å². The predicted octanol–water partition coefficient (Wildman–Crippen LogP) is 0.828. The second-order valence-corrected chi connectivity index (χ2v) is 3.62. The average molecular weight is 142 g/mol. The van der Waals surface area contributed by atoms with Crippen LogP contribution in [-0.2, 0) is 9.47 Å². The Morgan fingerprint density at radius 2 is 1.80 bits per heavy atom. The van der Waals surface area contributed by atoms with Crippen LogP contribution in [0.2, 0.25) is 6.82 Å². The third-order valence-corrected chi connectivity index (χ3v) is 1.65. The van der Waals surface area contributed by atoms with Gasteiger partial charge in [0.15, 0.2) is 7.28 Å². The van der Waals surface area contributed by atoms with Gasteiger partial charge >= 0.3 is 0 Å². The van der Waals surface area contributed by atoms with E-state index in [4.69, 9.17) is 9.47 Å². The number of hydrogen-bond donors (Lipinski definition) is 0. The van der Waals surface area contributed by atoms with Crippen LogP contribution in [0.25, 0.3) is 0 Å². The van der Waals surface area contributed by atoms with E-state index in [-0.39, 0.29) is 11.6 Å². The molecule has 1 aliphatic heterocycles. The fraction of sp³-hybridized carbons (Fsp3) is 1.00. The molecule has 1 fully saturated rings. The minimum Gasteiger partial charge on any atom is -0.360 e. The Morgan fingerprint density at radius 1 is 1.30 bits per heavy atom. The fourth-order valence-electron chi connectivity index (χ4n) is 0.963. The van der Waals surface area contributed by atoms with E-state index in [0.717, 1.165) is 20.5 Å². The van der Waals surface area contributed by atoms with E-state index in [0.29, 0.717) is 0 Å². The summed E-state index contributed by atoms with van der Waals surface area (Å²) in [5.74, 6) is 0. The number of rotatable bonds is 1. The molecule has 0 aromatic carbocycles. The van der Waals surface area contributed by atoms with Crippen molar-refractivity contribution in [2.45, 2.75) is 26.9 Å². The molecule has 2 nitrogen and oxygen atoms in total. The molecular weight excluding hydrogens is 127 g/mol. The molecule has 58 valence electrons. The number of hydrogen-bond acceptors (Lipinski definition) is 2. The molecule has 1 rings (SSSR count). The molecular formula is C7H15BO2. The predicted molar refractivity (Wildman–Crippen MR) is 42.5 cm³/mol. The van der Waals surface area contributed by atoms with Gasteiger partial charge in [-0.3, -0.25) is 0 Å². The van der Waals surface area contributed by atoms with E-state index in [9.17, 15) is 0 Å². The molecule has 0 bridgehead atoms. The van der Waals surface area contributed by atoms with Crippen molar-refractivity contribution in [2.75, 3.05) is 13.2 Å². The zero-order chi connectivity index (χ0) is 7.61. The smallest absolute Gasteiger partial charge is 0.189 e. The maximum absolute atomic E-state index is 5.42. The van der Waals surface area contributed by atoms with Gasteiger partial charge in [0, 0.05) is 5.41 Å². The van der Waals surface area contributed by atoms with Gasteiger partial charge in [-0.2, -0.15) is 0 Å². The molecule has 0 radical (unpaired) electrons. The first-order valence-electron chi connectivity index (χ1n) is 3.87. The van der Waals surface area contributed by atoms with E-state index in [1.54, 1.807) is 0 Å². The van der Waals surface area contributed by atoms with Crippen LogP contribution in [-0.4, -0.2) is 26.7 Å². The highest BCUT2D eigenvalue weighted by molar-refractivity contribution is 6.34. The van der Waals surface area contributed by atoms with E-state index in [1.807, 2.05) is 0 Å². The molecule has 1 heterocycles. The van der Waals surface area contributed by atoms with Gasteiger partial charge in [0.1, 0.15) is 6.19 Å². The van der Waals surface area contributed by atoms with Crippen molar-refractivity contribution < 1.29 is 9.47 Å². The van der Waals surface area contributed by atoms with Gasteiger partial charge in [-0.15, -0.1) is 0 Å². The van der Waals surface area contributed by atoms with Crippen LogP contribution in [0.4, 0.5) is 0 Å². The van der Waals surface area contributed by atoms with E-state index in [1.165, 1.54) is 0 Å². The molecule has 0 atom stereocenters. The molecule has 0 amide bonds. The first kappa shape index (κ1) is 8.09. The summed E-state index contributed by atoms with van der Waals surface area (Å²) in [4.78, 5) is 0. The molecule has 0 spiro atoms. The van der Waals surface area contributed by atoms with Crippen molar-refractivity contribution in [3.05, 3.63) is 0 Å². The van der Waals surface area contributed by atoms with Crippen LogP contribution in [0.1, 0.15) is 13.8 Å². The topological polar surface area (TPSA) is 18.5 Å². The molecule has 1 saturated heterocycles. The van der Waals surface area contributed by atoms with Crippen LogP contribution >= 0.6 is 0 Å². The normalized spacial score (nSPS) is 26.3. The Bertz CT molecular complexity index is 104. The van der Waals surface area contributed by atoms with Crippen molar-refractivity contribution in [1.82, 2.24) is 0 Å². The molecule has 0 unspecified atom stereocenters. The maximum atomic E-state index is 5.42. The highest BCUT2D eigenvalue weighted by Gasteiger charge is 2.27. The summed E-state index contributed by atoms with van der Waals surface area (Å²) >= 11 is 0. The highest BCUT2D eigenvalue weighted by Crippen LogP contribution is 2.22. The van der Waals surface area contributed by atoms with Gasteiger partial charge < -0.3 is 9.47 Å². The van der Waals surface area contributed by atoms with Gasteiger partial charge in [0.05, 0.1) is 13.2 Å². The Labute approximate surface area is 63.1 Å². The Hall–Kier alpha value is -0.0151. The Balaban J connectivity index is 2.31. The molecule has 10 heavy (non-hydrogen) atoms. The van der Waals surface area contributed by atoms with Gasteiger partial charge in [-0.1, -0.05) is 20.7 Å². The zero-order valence-corrected chi connectivity index (χ0v) is 7.02.